The number of ether oxygens (including phenoxy) is 1. The van der Waals surface area contributed by atoms with Crippen LogP contribution in [0.15, 0.2) is 24.3 Å². The molecule has 1 heterocycles. The van der Waals surface area contributed by atoms with Gasteiger partial charge in [0.15, 0.2) is 6.10 Å². The highest BCUT2D eigenvalue weighted by Crippen LogP contribution is 2.27. The number of halogens is 1. The highest BCUT2D eigenvalue weighted by molar-refractivity contribution is 7.20. The Balaban J connectivity index is 1.61. The normalized spacial score (nSPS) is 21.7. The van der Waals surface area contributed by atoms with Gasteiger partial charge in [-0.05, 0) is 55.3 Å². The van der Waals surface area contributed by atoms with E-state index >= 15 is 0 Å². The molecular weight excluding hydrogens is 341 g/mol. The summed E-state index contributed by atoms with van der Waals surface area (Å²) in [5, 5.41) is 3.65. The Kier molecular flexibility index (Phi) is 5.37. The summed E-state index contributed by atoms with van der Waals surface area (Å²) >= 11 is 1.23. The monoisotopic (exact) mass is 363 g/mol. The quantitative estimate of drug-likeness (QED) is 0.825. The molecular formula is C19H22FNO3S. The van der Waals surface area contributed by atoms with Crippen LogP contribution >= 0.6 is 11.3 Å². The molecule has 0 saturated heterocycles. The molecule has 25 heavy (non-hydrogen) atoms. The molecule has 1 aliphatic carbocycles. The number of hydrogen-bond donors (Lipinski definition) is 1. The summed E-state index contributed by atoms with van der Waals surface area (Å²) in [6, 6.07) is 6.11. The molecule has 0 radical (unpaired) electrons. The van der Waals surface area contributed by atoms with Crippen molar-refractivity contribution >= 4 is 33.3 Å². The van der Waals surface area contributed by atoms with Crippen molar-refractivity contribution in [2.75, 3.05) is 0 Å². The fourth-order valence-electron chi connectivity index (χ4n) is 3.22. The van der Waals surface area contributed by atoms with Crippen LogP contribution in [0, 0.1) is 11.7 Å². The van der Waals surface area contributed by atoms with Gasteiger partial charge in [0.1, 0.15) is 10.7 Å². The number of nitrogens with one attached hydrogen (secondary N) is 1. The van der Waals surface area contributed by atoms with Gasteiger partial charge in [-0.2, -0.15) is 0 Å². The SMILES string of the molecule is C[C@@H](OC(=O)c1cc2cc(F)ccc2s1)C(=O)N[C@@H]1CCCC[C@@H]1C. The first-order valence-corrected chi connectivity index (χ1v) is 9.46. The maximum Gasteiger partial charge on any atom is 0.349 e. The molecule has 0 spiro atoms. The Hall–Kier alpha value is -1.95. The van der Waals surface area contributed by atoms with Crippen molar-refractivity contribution in [3.05, 3.63) is 35.0 Å². The molecule has 2 aromatic rings. The second-order valence-electron chi connectivity index (χ2n) is 6.72. The van der Waals surface area contributed by atoms with Gasteiger partial charge in [-0.3, -0.25) is 4.79 Å². The largest absolute Gasteiger partial charge is 0.448 e. The van der Waals surface area contributed by atoms with Crippen LogP contribution in [0.3, 0.4) is 0 Å². The van der Waals surface area contributed by atoms with Crippen molar-refractivity contribution in [3.8, 4) is 0 Å². The molecule has 0 unspecified atom stereocenters. The highest BCUT2D eigenvalue weighted by atomic mass is 32.1. The van der Waals surface area contributed by atoms with Crippen LogP contribution in [0.5, 0.6) is 0 Å². The Morgan fingerprint density at radius 1 is 1.28 bits per heavy atom. The van der Waals surface area contributed by atoms with Gasteiger partial charge in [0.25, 0.3) is 5.91 Å². The van der Waals surface area contributed by atoms with E-state index in [4.69, 9.17) is 4.74 Å². The standard InChI is InChI=1S/C19H22FNO3S/c1-11-5-3-4-6-15(11)21-18(22)12(2)24-19(23)17-10-13-9-14(20)7-8-16(13)25-17/h7-12,15H,3-6H2,1-2H3,(H,21,22)/t11-,12+,15+/m0/s1. The van der Waals surface area contributed by atoms with Gasteiger partial charge < -0.3 is 10.1 Å². The average molecular weight is 363 g/mol. The molecule has 134 valence electrons. The topological polar surface area (TPSA) is 55.4 Å². The molecule has 1 N–H and O–H groups in total. The van der Waals surface area contributed by atoms with E-state index in [1.54, 1.807) is 19.1 Å². The summed E-state index contributed by atoms with van der Waals surface area (Å²) in [6.07, 6.45) is 3.53. The molecule has 0 aliphatic heterocycles. The number of rotatable bonds is 4. The van der Waals surface area contributed by atoms with E-state index in [1.165, 1.54) is 29.9 Å². The maximum atomic E-state index is 13.3. The third-order valence-corrected chi connectivity index (χ3v) is 5.87. The molecule has 0 bridgehead atoms. The van der Waals surface area contributed by atoms with E-state index < -0.39 is 12.1 Å². The van der Waals surface area contributed by atoms with Gasteiger partial charge in [0, 0.05) is 10.7 Å². The third-order valence-electron chi connectivity index (χ3n) is 4.77. The number of hydrogen-bond acceptors (Lipinski definition) is 4. The Morgan fingerprint density at radius 3 is 2.80 bits per heavy atom. The predicted molar refractivity (Wildman–Crippen MR) is 96.2 cm³/mol. The molecule has 4 nitrogen and oxygen atoms in total. The summed E-state index contributed by atoms with van der Waals surface area (Å²) in [5.41, 5.74) is 0. The van der Waals surface area contributed by atoms with Gasteiger partial charge in [-0.1, -0.05) is 19.8 Å². The van der Waals surface area contributed by atoms with Crippen LogP contribution in [-0.4, -0.2) is 24.0 Å². The van der Waals surface area contributed by atoms with Crippen molar-refractivity contribution in [1.29, 1.82) is 0 Å². The van der Waals surface area contributed by atoms with Crippen molar-refractivity contribution < 1.29 is 18.7 Å². The van der Waals surface area contributed by atoms with Crippen LogP contribution in [0.4, 0.5) is 4.39 Å². The van der Waals surface area contributed by atoms with Crippen molar-refractivity contribution in [3.63, 3.8) is 0 Å². The summed E-state index contributed by atoms with van der Waals surface area (Å²) in [5.74, 6) is -0.724. The van der Waals surface area contributed by atoms with Crippen LogP contribution in [-0.2, 0) is 9.53 Å². The summed E-state index contributed by atoms with van der Waals surface area (Å²) in [7, 11) is 0. The highest BCUT2D eigenvalue weighted by Gasteiger charge is 2.26. The summed E-state index contributed by atoms with van der Waals surface area (Å²) in [4.78, 5) is 25.0. The lowest BCUT2D eigenvalue weighted by molar-refractivity contribution is -0.130. The number of amides is 1. The smallest absolute Gasteiger partial charge is 0.349 e. The molecule has 6 heteroatoms. The zero-order chi connectivity index (χ0) is 18.0. The fraction of sp³-hybridized carbons (Fsp3) is 0.474. The maximum absolute atomic E-state index is 13.3. The lowest BCUT2D eigenvalue weighted by Gasteiger charge is -2.30. The van der Waals surface area contributed by atoms with E-state index in [0.29, 0.717) is 16.2 Å². The van der Waals surface area contributed by atoms with Crippen molar-refractivity contribution in [1.82, 2.24) is 5.32 Å². The minimum Gasteiger partial charge on any atom is -0.448 e. The van der Waals surface area contributed by atoms with Crippen LogP contribution < -0.4 is 5.32 Å². The molecule has 3 rings (SSSR count). The molecule has 1 amide bonds. The molecule has 3 atom stereocenters. The second kappa shape index (κ2) is 7.52. The van der Waals surface area contributed by atoms with Crippen LogP contribution in [0.2, 0.25) is 0 Å². The second-order valence-corrected chi connectivity index (χ2v) is 7.80. The molecule has 1 aliphatic rings. The van der Waals surface area contributed by atoms with E-state index in [0.717, 1.165) is 24.0 Å². The van der Waals surface area contributed by atoms with Crippen LogP contribution in [0.1, 0.15) is 49.2 Å². The Bertz CT molecular complexity index is 788. The van der Waals surface area contributed by atoms with Gasteiger partial charge in [0.2, 0.25) is 0 Å². The van der Waals surface area contributed by atoms with Crippen LogP contribution in [0.25, 0.3) is 10.1 Å². The minimum absolute atomic E-state index is 0.148. The van der Waals surface area contributed by atoms with Gasteiger partial charge in [0.05, 0.1) is 0 Å². The Labute approximate surface area is 150 Å². The van der Waals surface area contributed by atoms with E-state index in [-0.39, 0.29) is 17.8 Å². The molecule has 1 fully saturated rings. The van der Waals surface area contributed by atoms with Gasteiger partial charge in [-0.15, -0.1) is 11.3 Å². The summed E-state index contributed by atoms with van der Waals surface area (Å²) < 4.78 is 19.4. The van der Waals surface area contributed by atoms with Crippen molar-refractivity contribution in [2.24, 2.45) is 5.92 Å². The first-order chi connectivity index (χ1) is 11.9. The number of benzene rings is 1. The zero-order valence-corrected chi connectivity index (χ0v) is 15.2. The zero-order valence-electron chi connectivity index (χ0n) is 14.4. The molecule has 1 aromatic heterocycles. The average Bonchev–Trinajstić information content (AvgIpc) is 3.00. The molecule has 1 saturated carbocycles. The first kappa shape index (κ1) is 17.9. The number of carbonyl (C=O) groups excluding carboxylic acids is 2. The van der Waals surface area contributed by atoms with E-state index in [1.807, 2.05) is 0 Å². The lowest BCUT2D eigenvalue weighted by Crippen LogP contribution is -2.45. The number of carbonyl (C=O) groups is 2. The fourth-order valence-corrected chi connectivity index (χ4v) is 4.14. The lowest BCUT2D eigenvalue weighted by atomic mass is 9.86. The first-order valence-electron chi connectivity index (χ1n) is 8.64. The Morgan fingerprint density at radius 2 is 2.04 bits per heavy atom. The third kappa shape index (κ3) is 4.18. The van der Waals surface area contributed by atoms with Crippen molar-refractivity contribution in [2.45, 2.75) is 51.7 Å². The van der Waals surface area contributed by atoms with Gasteiger partial charge >= 0.3 is 5.97 Å². The van der Waals surface area contributed by atoms with E-state index in [2.05, 4.69) is 12.2 Å². The van der Waals surface area contributed by atoms with Gasteiger partial charge in [-0.25, -0.2) is 9.18 Å². The predicted octanol–water partition coefficient (Wildman–Crippen LogP) is 4.28. The number of thiophene rings is 1. The summed E-state index contributed by atoms with van der Waals surface area (Å²) in [6.45, 7) is 3.71. The minimum atomic E-state index is -0.858. The number of esters is 1. The molecule has 1 aromatic carbocycles. The number of fused-ring (bicyclic) bond motifs is 1. The van der Waals surface area contributed by atoms with E-state index in [9.17, 15) is 14.0 Å².